The van der Waals surface area contributed by atoms with Crippen molar-refractivity contribution in [1.29, 1.82) is 0 Å². The number of aliphatic hydroxyl groups excluding tert-OH is 2. The van der Waals surface area contributed by atoms with E-state index in [2.05, 4.69) is 51.7 Å². The number of methoxy groups -OCH3 is 1. The van der Waals surface area contributed by atoms with E-state index < -0.39 is 58.1 Å². The Morgan fingerprint density at radius 3 is 1.46 bits per heavy atom. The first-order valence-corrected chi connectivity index (χ1v) is 33.5. The Morgan fingerprint density at radius 1 is 0.585 bits per heavy atom. The number of amides is 2. The van der Waals surface area contributed by atoms with Crippen molar-refractivity contribution in [2.24, 2.45) is 5.92 Å². The van der Waals surface area contributed by atoms with Gasteiger partial charge in [0.15, 0.2) is 17.1 Å². The van der Waals surface area contributed by atoms with Gasteiger partial charge in [-0.3, -0.25) is 27.2 Å². The molecule has 0 spiro atoms. The minimum Gasteiger partial charge on any atom is -1.00 e. The zero-order valence-electron chi connectivity index (χ0n) is 58.0. The molecule has 1 unspecified atom stereocenters. The van der Waals surface area contributed by atoms with Crippen LogP contribution in [0.2, 0.25) is 35.2 Å². The van der Waals surface area contributed by atoms with E-state index in [1.807, 2.05) is 0 Å². The van der Waals surface area contributed by atoms with Crippen LogP contribution in [0.25, 0.3) is 22.1 Å². The second-order valence-corrected chi connectivity index (χ2v) is 23.9. The van der Waals surface area contributed by atoms with Crippen LogP contribution >= 0.6 is 81.2 Å². The molecule has 10 aromatic rings. The number of ether oxygens (including phenoxy) is 4. The van der Waals surface area contributed by atoms with Gasteiger partial charge in [0, 0.05) is 32.7 Å². The van der Waals surface area contributed by atoms with Gasteiger partial charge in [-0.15, -0.1) is 0 Å². The fraction of sp³-hybridized carbons (Fsp3) is 0.343. The van der Waals surface area contributed by atoms with Crippen molar-refractivity contribution < 1.29 is 123 Å². The first-order valence-electron chi connectivity index (χ1n) is 30.9. The first-order chi connectivity index (χ1) is 48.5. The first kappa shape index (κ1) is 98.1. The molecular weight excluding hydrogens is 1630 g/mol. The summed E-state index contributed by atoms with van der Waals surface area (Å²) in [7, 11) is 1.43. The molecule has 0 saturated heterocycles. The van der Waals surface area contributed by atoms with Crippen molar-refractivity contribution in [1.82, 2.24) is 58.1 Å². The van der Waals surface area contributed by atoms with Gasteiger partial charge >= 0.3 is 70.5 Å². The number of pyridine rings is 6. The van der Waals surface area contributed by atoms with Crippen molar-refractivity contribution in [3.8, 4) is 5.88 Å². The Morgan fingerprint density at radius 2 is 0.991 bits per heavy atom. The van der Waals surface area contributed by atoms with Crippen LogP contribution in [0, 0.1) is 41.4 Å². The van der Waals surface area contributed by atoms with E-state index in [4.69, 9.17) is 101 Å². The van der Waals surface area contributed by atoms with Gasteiger partial charge in [-0.2, -0.15) is 12.8 Å². The number of hydrogen-bond donors (Lipinski definition) is 4. The SMILES string of the molecule is C.CCOC(=O)c1c(Cl)c(F)cc2cncn12.CCOC(=O)c1nc(CNC=O)cc(Cl)c1Cl.CCOC(=O)c1nc(CNC=O)cc(F)c1Cl.COc1c(Cl)c(F)cc2cncn12.OC(c1c(Cl)c(F)cc2cncn12)C1CCCCC1.OCc1c(Cl)c(F)cc2cncn12.[B].[Br-].[CH-]1CCCCC1.[H-].[Mg+2].[Na+]. The number of halogens is 13. The number of nitrogens with one attached hydrogen (secondary N) is 2. The van der Waals surface area contributed by atoms with E-state index in [0.717, 1.165) is 31.7 Å². The van der Waals surface area contributed by atoms with Crippen molar-refractivity contribution in [3.05, 3.63) is 197 Å². The van der Waals surface area contributed by atoms with Crippen molar-refractivity contribution >= 4 is 165 Å². The number of carbonyl (C=O) groups is 5. The number of carbonyl (C=O) groups excluding carboxylic acids is 5. The third-order valence-corrected chi connectivity index (χ3v) is 17.2. The third kappa shape index (κ3) is 27.0. The average molecular weight is 1700 g/mol. The van der Waals surface area contributed by atoms with Crippen LogP contribution in [0.4, 0.5) is 22.0 Å². The molecule has 0 aromatic carbocycles. The molecule has 2 saturated carbocycles. The molecule has 4 N–H and O–H groups in total. The minimum absolute atomic E-state index is 0. The van der Waals surface area contributed by atoms with Gasteiger partial charge in [0.05, 0.1) is 161 Å². The fourth-order valence-corrected chi connectivity index (χ4v) is 11.4. The quantitative estimate of drug-likeness (QED) is 0.0175. The number of aliphatic hydroxyl groups is 2. The summed E-state index contributed by atoms with van der Waals surface area (Å²) < 4.78 is 92.2. The molecule has 10 aromatic heterocycles. The molecule has 2 fully saturated rings. The maximum absolute atomic E-state index is 13.8. The Kier molecular flexibility index (Phi) is 46.3. The zero-order valence-corrected chi connectivity index (χ0v) is 67.3. The summed E-state index contributed by atoms with van der Waals surface area (Å²) in [5, 5.41) is 23.7. The number of hydrogen-bond acceptors (Lipinski definition) is 17. The number of aromatic nitrogens is 10. The summed E-state index contributed by atoms with van der Waals surface area (Å²) >= 11 is 40.4. The fourth-order valence-electron chi connectivity index (χ4n) is 9.91. The van der Waals surface area contributed by atoms with Gasteiger partial charge in [-0.25, -0.2) is 66.2 Å². The molecule has 23 nitrogen and oxygen atoms in total. The third-order valence-electron chi connectivity index (χ3n) is 14.6. The topological polar surface area (TPSA) is 282 Å². The molecule has 2 amide bonds. The Labute approximate surface area is 694 Å². The Balaban J connectivity index is 0.00000123. The molecule has 0 bridgehead atoms. The largest absolute Gasteiger partial charge is 2.00 e. The Hall–Kier alpha value is -5.88. The van der Waals surface area contributed by atoms with Crippen LogP contribution in [0.15, 0.2) is 86.5 Å². The summed E-state index contributed by atoms with van der Waals surface area (Å²) in [6.45, 7) is 5.34. The molecule has 1 atom stereocenters. The van der Waals surface area contributed by atoms with E-state index in [9.17, 15) is 51.0 Å². The smallest absolute Gasteiger partial charge is 1.00 e. The summed E-state index contributed by atoms with van der Waals surface area (Å²) in [5.74, 6) is -4.71. The van der Waals surface area contributed by atoms with E-state index in [0.29, 0.717) is 52.0 Å². The van der Waals surface area contributed by atoms with Crippen LogP contribution in [0.5, 0.6) is 5.88 Å². The molecule has 2 aliphatic rings. The van der Waals surface area contributed by atoms with Crippen LogP contribution < -0.4 is 61.9 Å². The predicted molar refractivity (Wildman–Crippen MR) is 389 cm³/mol. The van der Waals surface area contributed by atoms with Crippen LogP contribution in [0.3, 0.4) is 0 Å². The molecule has 563 valence electrons. The molecule has 10 heterocycles. The van der Waals surface area contributed by atoms with Crippen LogP contribution in [-0.4, -0.2) is 147 Å². The maximum atomic E-state index is 13.8. The van der Waals surface area contributed by atoms with Gasteiger partial charge in [-0.05, 0) is 51.7 Å². The molecule has 106 heavy (non-hydrogen) atoms. The maximum Gasteiger partial charge on any atom is 2.00 e. The number of rotatable bonds is 16. The molecule has 12 rings (SSSR count). The van der Waals surface area contributed by atoms with Gasteiger partial charge in [-0.1, -0.05) is 127 Å². The summed E-state index contributed by atoms with van der Waals surface area (Å²) in [6.07, 6.45) is 27.1. The van der Waals surface area contributed by atoms with Gasteiger partial charge in [0.2, 0.25) is 18.7 Å². The van der Waals surface area contributed by atoms with E-state index >= 15 is 0 Å². The minimum atomic E-state index is -0.802. The summed E-state index contributed by atoms with van der Waals surface area (Å²) in [6, 6.07) is 7.64. The Bertz CT molecular complexity index is 4310. The molecule has 2 aliphatic carbocycles. The van der Waals surface area contributed by atoms with Crippen LogP contribution in [-0.2, 0) is 43.5 Å². The van der Waals surface area contributed by atoms with E-state index in [1.54, 1.807) is 46.5 Å². The van der Waals surface area contributed by atoms with Gasteiger partial charge in [0.1, 0.15) is 50.5 Å². The van der Waals surface area contributed by atoms with Gasteiger partial charge in [0.25, 0.3) is 0 Å². The second kappa shape index (κ2) is 50.0. The normalized spacial score (nSPS) is 12.2. The number of esters is 3. The number of nitrogens with zero attached hydrogens (tertiary/aromatic N) is 10. The molecule has 3 radical (unpaired) electrons. The van der Waals surface area contributed by atoms with Crippen molar-refractivity contribution in [2.45, 2.75) is 118 Å². The number of imidazole rings is 4. The molecule has 0 aliphatic heterocycles. The average Bonchev–Trinajstić information content (AvgIpc) is 1.73. The molecule has 39 heteroatoms. The summed E-state index contributed by atoms with van der Waals surface area (Å²) in [5.41, 5.74) is 3.21. The zero-order chi connectivity index (χ0) is 73.9. The molecular formula is C67H72BBrCl7F5MgN12NaO11. The van der Waals surface area contributed by atoms with Gasteiger partial charge < -0.3 is 64.6 Å². The standard InChI is InChI=1S/C14H16ClFN2O.C10H10Cl2N2O3.C10H10ClFN2O3.C10H8ClFN2O2.2C8H6ClFN2O.C6H11.CH4.B.BrH.Mg.Na.H/c15-12-11(16)6-10-7-17-8-18(10)13(12)14(19)9-4-2-1-3-5-9;1-2-17-10(16)9-8(12)7(11)3-6(14-9)4-13-5-15;1-2-17-10(16)9-8(11)7(12)3-6(14-9)4-13-5-15;1-2-16-10(15)9-8(11)7(12)3-6-4-13-5-14(6)9;1-13-8-7(9)6(10)2-5-3-11-4-12(5)8;9-8-6(10)1-5-2-11-4-12(5)7(8)3-13;1-2-4-6-5-3-1;;;;;;/h6-9,14,19H,1-5H2;2*3,5H,2,4H2,1H3,(H,13,15);3-5H,2H2,1H3;2-4H,1H3;1-2,4,13H,3H2;1H,2-6H2;1H4;;1H;;;/q;;;;;;-1;;;;+2;+1;-1/p-1. The predicted octanol–water partition coefficient (Wildman–Crippen LogP) is 9.06. The van der Waals surface area contributed by atoms with E-state index in [-0.39, 0.29) is 191 Å². The number of fused-ring (bicyclic) bond motifs is 4. The van der Waals surface area contributed by atoms with Crippen LogP contribution in [0.1, 0.15) is 154 Å². The van der Waals surface area contributed by atoms with Crippen molar-refractivity contribution in [3.63, 3.8) is 0 Å². The van der Waals surface area contributed by atoms with Crippen molar-refractivity contribution in [2.75, 3.05) is 26.9 Å². The second-order valence-electron chi connectivity index (χ2n) is 21.3. The summed E-state index contributed by atoms with van der Waals surface area (Å²) in [4.78, 5) is 78.1. The van der Waals surface area contributed by atoms with E-state index in [1.165, 1.54) is 118 Å². The monoisotopic (exact) mass is 1700 g/mol.